The molecule has 5 nitrogen and oxygen atoms in total. The molecule has 0 aliphatic rings. The van der Waals surface area contributed by atoms with E-state index in [0.717, 1.165) is 5.39 Å². The second-order valence-electron chi connectivity index (χ2n) is 6.45. The first kappa shape index (κ1) is 19.0. The standard InChI is InChI=1S/C22H19FN2O3S/c1-28-21-13-7-11-19(23)22(21)24-15-17-14-16-8-5-6-12-20(16)25(17)29(26,27)18-9-3-2-4-10-18/h2-14,24H,15H2,1H3. The minimum atomic E-state index is -3.83. The van der Waals surface area contributed by atoms with Gasteiger partial charge in [0.25, 0.3) is 10.0 Å². The van der Waals surface area contributed by atoms with Crippen molar-refractivity contribution >= 4 is 26.6 Å². The van der Waals surface area contributed by atoms with Gasteiger partial charge in [0.15, 0.2) is 0 Å². The maximum Gasteiger partial charge on any atom is 0.268 e. The fourth-order valence-corrected chi connectivity index (χ4v) is 4.88. The molecule has 0 radical (unpaired) electrons. The Morgan fingerprint density at radius 2 is 1.69 bits per heavy atom. The fraction of sp³-hybridized carbons (Fsp3) is 0.0909. The van der Waals surface area contributed by atoms with Crippen LogP contribution in [0.15, 0.2) is 83.8 Å². The highest BCUT2D eigenvalue weighted by Crippen LogP contribution is 2.30. The average molecular weight is 410 g/mol. The molecule has 0 atom stereocenters. The van der Waals surface area contributed by atoms with Gasteiger partial charge in [-0.1, -0.05) is 42.5 Å². The Morgan fingerprint density at radius 1 is 0.966 bits per heavy atom. The lowest BCUT2D eigenvalue weighted by Crippen LogP contribution is -2.17. The van der Waals surface area contributed by atoms with E-state index in [9.17, 15) is 12.8 Å². The molecule has 0 aliphatic heterocycles. The van der Waals surface area contributed by atoms with Crippen LogP contribution in [0.3, 0.4) is 0 Å². The van der Waals surface area contributed by atoms with Crippen molar-refractivity contribution in [2.24, 2.45) is 0 Å². The van der Waals surface area contributed by atoms with Crippen molar-refractivity contribution in [2.75, 3.05) is 12.4 Å². The van der Waals surface area contributed by atoms with Gasteiger partial charge >= 0.3 is 0 Å². The number of aromatic nitrogens is 1. The summed E-state index contributed by atoms with van der Waals surface area (Å²) in [5, 5.41) is 3.77. The van der Waals surface area contributed by atoms with Crippen LogP contribution >= 0.6 is 0 Å². The van der Waals surface area contributed by atoms with Crippen LogP contribution in [0.2, 0.25) is 0 Å². The van der Waals surface area contributed by atoms with E-state index in [4.69, 9.17) is 4.74 Å². The molecular weight excluding hydrogens is 391 g/mol. The van der Waals surface area contributed by atoms with Crippen LogP contribution in [0.4, 0.5) is 10.1 Å². The SMILES string of the molecule is COc1cccc(F)c1NCc1cc2ccccc2n1S(=O)(=O)c1ccccc1. The van der Waals surface area contributed by atoms with Crippen molar-refractivity contribution in [1.29, 1.82) is 0 Å². The van der Waals surface area contributed by atoms with Gasteiger partial charge in [0.1, 0.15) is 17.3 Å². The largest absolute Gasteiger partial charge is 0.494 e. The number of fused-ring (bicyclic) bond motifs is 1. The smallest absolute Gasteiger partial charge is 0.268 e. The molecule has 3 aromatic carbocycles. The molecule has 0 saturated carbocycles. The number of benzene rings is 3. The number of anilines is 1. The van der Waals surface area contributed by atoms with E-state index >= 15 is 0 Å². The molecule has 0 fully saturated rings. The van der Waals surface area contributed by atoms with Gasteiger partial charge in [-0.15, -0.1) is 0 Å². The Balaban J connectivity index is 1.81. The third kappa shape index (κ3) is 3.45. The first-order chi connectivity index (χ1) is 14.0. The first-order valence-electron chi connectivity index (χ1n) is 8.99. The van der Waals surface area contributed by atoms with E-state index < -0.39 is 15.8 Å². The average Bonchev–Trinajstić information content (AvgIpc) is 3.12. The first-order valence-corrected chi connectivity index (χ1v) is 10.4. The molecule has 1 N–H and O–H groups in total. The van der Waals surface area contributed by atoms with Gasteiger partial charge in [-0.05, 0) is 36.4 Å². The maximum absolute atomic E-state index is 14.3. The van der Waals surface area contributed by atoms with E-state index in [-0.39, 0.29) is 17.1 Å². The third-order valence-electron chi connectivity index (χ3n) is 4.66. The summed E-state index contributed by atoms with van der Waals surface area (Å²) < 4.78 is 47.5. The van der Waals surface area contributed by atoms with Gasteiger partial charge < -0.3 is 10.1 Å². The zero-order valence-corrected chi connectivity index (χ0v) is 16.5. The van der Waals surface area contributed by atoms with Crippen molar-refractivity contribution < 1.29 is 17.5 Å². The number of methoxy groups -OCH3 is 1. The summed E-state index contributed by atoms with van der Waals surface area (Å²) >= 11 is 0. The summed E-state index contributed by atoms with van der Waals surface area (Å²) in [4.78, 5) is 0.186. The Hall–Kier alpha value is -3.32. The summed E-state index contributed by atoms with van der Waals surface area (Å²) in [5.41, 5.74) is 1.23. The lowest BCUT2D eigenvalue weighted by Gasteiger charge is -2.15. The molecule has 0 amide bonds. The summed E-state index contributed by atoms with van der Waals surface area (Å²) in [5.74, 6) is -0.128. The Labute approximate surface area is 168 Å². The maximum atomic E-state index is 14.3. The molecule has 0 unspecified atom stereocenters. The highest BCUT2D eigenvalue weighted by molar-refractivity contribution is 7.90. The van der Waals surface area contributed by atoms with E-state index in [1.807, 2.05) is 12.1 Å². The molecule has 0 aliphatic carbocycles. The van der Waals surface area contributed by atoms with Gasteiger partial charge in [-0.25, -0.2) is 16.8 Å². The van der Waals surface area contributed by atoms with Crippen LogP contribution in [-0.4, -0.2) is 19.5 Å². The zero-order chi connectivity index (χ0) is 20.4. The van der Waals surface area contributed by atoms with Gasteiger partial charge in [-0.2, -0.15) is 0 Å². The van der Waals surface area contributed by atoms with Crippen molar-refractivity contribution in [3.8, 4) is 5.75 Å². The summed E-state index contributed by atoms with van der Waals surface area (Å²) in [6.45, 7) is 0.0953. The highest BCUT2D eigenvalue weighted by Gasteiger charge is 2.23. The van der Waals surface area contributed by atoms with Crippen molar-refractivity contribution in [3.63, 3.8) is 0 Å². The van der Waals surface area contributed by atoms with Crippen LogP contribution in [0.1, 0.15) is 5.69 Å². The fourth-order valence-electron chi connectivity index (χ4n) is 3.32. The predicted octanol–water partition coefficient (Wildman–Crippen LogP) is 4.64. The molecule has 0 spiro atoms. The second-order valence-corrected chi connectivity index (χ2v) is 8.23. The van der Waals surface area contributed by atoms with Gasteiger partial charge in [0, 0.05) is 5.39 Å². The molecule has 0 saturated heterocycles. The number of rotatable bonds is 6. The number of halogens is 1. The van der Waals surface area contributed by atoms with Crippen LogP contribution in [-0.2, 0) is 16.6 Å². The monoisotopic (exact) mass is 410 g/mol. The number of nitrogens with zero attached hydrogens (tertiary/aromatic N) is 1. The molecule has 4 rings (SSSR count). The lowest BCUT2D eigenvalue weighted by molar-refractivity contribution is 0.413. The van der Waals surface area contributed by atoms with Crippen LogP contribution in [0.25, 0.3) is 10.9 Å². The van der Waals surface area contributed by atoms with E-state index in [1.165, 1.54) is 17.1 Å². The summed E-state index contributed by atoms with van der Waals surface area (Å²) in [7, 11) is -2.38. The third-order valence-corrected chi connectivity index (χ3v) is 6.44. The number of ether oxygens (including phenoxy) is 1. The van der Waals surface area contributed by atoms with Crippen LogP contribution in [0, 0.1) is 5.82 Å². The topological polar surface area (TPSA) is 60.3 Å². The van der Waals surface area contributed by atoms with E-state index in [0.29, 0.717) is 17.0 Å². The van der Waals surface area contributed by atoms with Gasteiger partial charge in [-0.3, -0.25) is 0 Å². The quantitative estimate of drug-likeness (QED) is 0.503. The Kier molecular flexibility index (Phi) is 4.98. The molecule has 4 aromatic rings. The molecule has 1 heterocycles. The Morgan fingerprint density at radius 3 is 2.45 bits per heavy atom. The summed E-state index contributed by atoms with van der Waals surface area (Å²) in [6.07, 6.45) is 0. The van der Waals surface area contributed by atoms with Crippen LogP contribution < -0.4 is 10.1 Å². The van der Waals surface area contributed by atoms with Gasteiger partial charge in [0.2, 0.25) is 0 Å². The predicted molar refractivity (Wildman–Crippen MR) is 111 cm³/mol. The Bertz CT molecular complexity index is 1270. The van der Waals surface area contributed by atoms with Crippen molar-refractivity contribution in [3.05, 3.63) is 90.4 Å². The number of para-hydroxylation sites is 2. The summed E-state index contributed by atoms with van der Waals surface area (Å²) in [6, 6.07) is 21.8. The lowest BCUT2D eigenvalue weighted by atomic mass is 10.2. The normalized spacial score (nSPS) is 11.5. The van der Waals surface area contributed by atoms with E-state index in [1.54, 1.807) is 60.7 Å². The minimum Gasteiger partial charge on any atom is -0.494 e. The molecule has 0 bridgehead atoms. The minimum absolute atomic E-state index is 0.0953. The molecule has 1 aromatic heterocycles. The van der Waals surface area contributed by atoms with Crippen molar-refractivity contribution in [1.82, 2.24) is 3.97 Å². The highest BCUT2D eigenvalue weighted by atomic mass is 32.2. The molecular formula is C22H19FN2O3S. The number of hydrogen-bond acceptors (Lipinski definition) is 4. The number of nitrogens with one attached hydrogen (secondary N) is 1. The second kappa shape index (κ2) is 7.60. The van der Waals surface area contributed by atoms with Crippen LogP contribution in [0.5, 0.6) is 5.75 Å². The molecule has 148 valence electrons. The number of hydrogen-bond donors (Lipinski definition) is 1. The zero-order valence-electron chi connectivity index (χ0n) is 15.7. The molecule has 7 heteroatoms. The van der Waals surface area contributed by atoms with Gasteiger partial charge in [0.05, 0.1) is 29.8 Å². The van der Waals surface area contributed by atoms with Crippen molar-refractivity contribution in [2.45, 2.75) is 11.4 Å². The molecule has 29 heavy (non-hydrogen) atoms. The van der Waals surface area contributed by atoms with E-state index in [2.05, 4.69) is 5.32 Å².